The van der Waals surface area contributed by atoms with Crippen molar-refractivity contribution < 1.29 is 4.79 Å². The number of aryl methyl sites for hydroxylation is 1. The molecule has 1 aromatic rings. The summed E-state index contributed by atoms with van der Waals surface area (Å²) in [5, 5.41) is 0.747. The molecule has 1 fully saturated rings. The van der Waals surface area contributed by atoms with E-state index in [0.717, 1.165) is 36.8 Å². The summed E-state index contributed by atoms with van der Waals surface area (Å²) in [6.07, 6.45) is 5.46. The fraction of sp³-hybridized carbons (Fsp3) is 0.643. The van der Waals surface area contributed by atoms with Gasteiger partial charge in [-0.3, -0.25) is 14.2 Å². The molecule has 3 rings (SSSR count). The Hall–Kier alpha value is -1.30. The summed E-state index contributed by atoms with van der Waals surface area (Å²) in [6.45, 7) is 3.51. The molecule has 0 saturated carbocycles. The zero-order valence-corrected chi connectivity index (χ0v) is 12.5. The third-order valence-corrected chi connectivity index (χ3v) is 5.13. The molecule has 3 heterocycles. The van der Waals surface area contributed by atoms with E-state index in [1.807, 2.05) is 4.90 Å². The fourth-order valence-electron chi connectivity index (χ4n) is 2.84. The highest BCUT2D eigenvalue weighted by Crippen LogP contribution is 2.32. The number of thioether (sulfide) groups is 1. The number of hydrogen-bond acceptors (Lipinski definition) is 4. The highest BCUT2D eigenvalue weighted by atomic mass is 32.2. The second-order valence-electron chi connectivity index (χ2n) is 5.51. The first-order chi connectivity index (χ1) is 9.66. The standard InChI is InChI=1S/C14H19N3O2S/c1-10-8-15-14-17(13(10)19)11(9-20-14)7-12(18)16-5-3-2-4-6-16/h8,11H,2-7,9H2,1H3. The van der Waals surface area contributed by atoms with Crippen LogP contribution in [0.4, 0.5) is 0 Å². The molecule has 1 atom stereocenters. The number of rotatable bonds is 2. The average Bonchev–Trinajstić information content (AvgIpc) is 2.87. The maximum absolute atomic E-state index is 12.3. The normalized spacial score (nSPS) is 21.9. The van der Waals surface area contributed by atoms with Crippen LogP contribution in [0.1, 0.15) is 37.3 Å². The van der Waals surface area contributed by atoms with Crippen molar-refractivity contribution in [3.05, 3.63) is 22.1 Å². The Morgan fingerprint density at radius 1 is 1.40 bits per heavy atom. The first-order valence-corrected chi connectivity index (χ1v) is 8.14. The predicted octanol–water partition coefficient (Wildman–Crippen LogP) is 1.60. The molecule has 1 saturated heterocycles. The van der Waals surface area contributed by atoms with Crippen molar-refractivity contribution in [3.63, 3.8) is 0 Å². The van der Waals surface area contributed by atoms with Crippen LogP contribution in [0, 0.1) is 6.92 Å². The summed E-state index contributed by atoms with van der Waals surface area (Å²) in [5.74, 6) is 0.946. The fourth-order valence-corrected chi connectivity index (χ4v) is 3.95. The van der Waals surface area contributed by atoms with Gasteiger partial charge in [0.15, 0.2) is 5.16 Å². The third-order valence-electron chi connectivity index (χ3n) is 4.02. The lowest BCUT2D eigenvalue weighted by Gasteiger charge is -2.28. The Morgan fingerprint density at radius 2 is 2.15 bits per heavy atom. The summed E-state index contributed by atoms with van der Waals surface area (Å²) >= 11 is 1.57. The number of fused-ring (bicyclic) bond motifs is 1. The number of aromatic nitrogens is 2. The van der Waals surface area contributed by atoms with E-state index in [4.69, 9.17) is 0 Å². The Morgan fingerprint density at radius 3 is 2.90 bits per heavy atom. The van der Waals surface area contributed by atoms with Gasteiger partial charge in [-0.05, 0) is 26.2 Å². The molecular weight excluding hydrogens is 274 g/mol. The molecule has 0 N–H and O–H groups in total. The molecule has 0 spiro atoms. The minimum absolute atomic E-state index is 0.00329. The van der Waals surface area contributed by atoms with Crippen molar-refractivity contribution in [1.29, 1.82) is 0 Å². The molecule has 6 heteroatoms. The van der Waals surface area contributed by atoms with E-state index in [1.54, 1.807) is 29.4 Å². The molecule has 2 aliphatic heterocycles. The number of nitrogens with zero attached hydrogens (tertiary/aromatic N) is 3. The topological polar surface area (TPSA) is 55.2 Å². The number of carbonyl (C=O) groups excluding carboxylic acids is 1. The molecule has 0 aliphatic carbocycles. The van der Waals surface area contributed by atoms with Crippen LogP contribution in [0.3, 0.4) is 0 Å². The first-order valence-electron chi connectivity index (χ1n) is 7.15. The lowest BCUT2D eigenvalue weighted by Crippen LogP contribution is -2.38. The molecule has 5 nitrogen and oxygen atoms in total. The van der Waals surface area contributed by atoms with Crippen molar-refractivity contribution >= 4 is 17.7 Å². The molecule has 1 unspecified atom stereocenters. The maximum Gasteiger partial charge on any atom is 0.257 e. The highest BCUT2D eigenvalue weighted by Gasteiger charge is 2.29. The van der Waals surface area contributed by atoms with Gasteiger partial charge < -0.3 is 4.90 Å². The van der Waals surface area contributed by atoms with Crippen LogP contribution >= 0.6 is 11.8 Å². The van der Waals surface area contributed by atoms with E-state index in [0.29, 0.717) is 12.0 Å². The summed E-state index contributed by atoms with van der Waals surface area (Å²) in [7, 11) is 0. The Labute approximate surface area is 122 Å². The second kappa shape index (κ2) is 5.60. The molecule has 2 aliphatic rings. The average molecular weight is 293 g/mol. The SMILES string of the molecule is Cc1cnc2n(c1=O)C(CC(=O)N1CCCCC1)CS2. The molecule has 0 bridgehead atoms. The van der Waals surface area contributed by atoms with E-state index in [2.05, 4.69) is 4.98 Å². The lowest BCUT2D eigenvalue weighted by atomic mass is 10.1. The molecular formula is C14H19N3O2S. The zero-order valence-electron chi connectivity index (χ0n) is 11.7. The monoisotopic (exact) mass is 293 g/mol. The maximum atomic E-state index is 12.3. The molecule has 108 valence electrons. The van der Waals surface area contributed by atoms with Crippen molar-refractivity contribution in [3.8, 4) is 0 Å². The quantitative estimate of drug-likeness (QED) is 0.777. The van der Waals surface area contributed by atoms with Crippen molar-refractivity contribution in [2.24, 2.45) is 0 Å². The molecule has 1 aromatic heterocycles. The van der Waals surface area contributed by atoms with Gasteiger partial charge in [0.2, 0.25) is 5.91 Å². The van der Waals surface area contributed by atoms with Crippen LogP contribution in [0.5, 0.6) is 0 Å². The van der Waals surface area contributed by atoms with Crippen LogP contribution in [0.15, 0.2) is 16.1 Å². The number of hydrogen-bond donors (Lipinski definition) is 0. The summed E-state index contributed by atoms with van der Waals surface area (Å²) in [6, 6.07) is -0.0377. The Bertz CT molecular complexity index is 578. The number of amides is 1. The van der Waals surface area contributed by atoms with Crippen molar-refractivity contribution in [2.45, 2.75) is 43.8 Å². The largest absolute Gasteiger partial charge is 0.343 e. The van der Waals surface area contributed by atoms with Crippen LogP contribution < -0.4 is 5.56 Å². The summed E-state index contributed by atoms with van der Waals surface area (Å²) < 4.78 is 1.71. The van der Waals surface area contributed by atoms with Gasteiger partial charge in [0, 0.05) is 37.0 Å². The van der Waals surface area contributed by atoms with E-state index in [1.165, 1.54) is 6.42 Å². The summed E-state index contributed by atoms with van der Waals surface area (Å²) in [5.41, 5.74) is 0.642. The van der Waals surface area contributed by atoms with Gasteiger partial charge in [0.05, 0.1) is 6.04 Å². The van der Waals surface area contributed by atoms with Gasteiger partial charge in [0.25, 0.3) is 5.56 Å². The lowest BCUT2D eigenvalue weighted by molar-refractivity contribution is -0.132. The first kappa shape index (κ1) is 13.7. The van der Waals surface area contributed by atoms with Crippen LogP contribution in [0.25, 0.3) is 0 Å². The highest BCUT2D eigenvalue weighted by molar-refractivity contribution is 7.99. The molecule has 1 amide bonds. The smallest absolute Gasteiger partial charge is 0.257 e. The van der Waals surface area contributed by atoms with E-state index in [-0.39, 0.29) is 17.5 Å². The van der Waals surface area contributed by atoms with Crippen LogP contribution in [0.2, 0.25) is 0 Å². The molecule has 0 radical (unpaired) electrons. The Kier molecular flexibility index (Phi) is 3.83. The summed E-state index contributed by atoms with van der Waals surface area (Å²) in [4.78, 5) is 30.8. The predicted molar refractivity (Wildman–Crippen MR) is 78.0 cm³/mol. The van der Waals surface area contributed by atoms with Crippen LogP contribution in [-0.4, -0.2) is 39.2 Å². The van der Waals surface area contributed by atoms with Gasteiger partial charge in [0.1, 0.15) is 0 Å². The van der Waals surface area contributed by atoms with Gasteiger partial charge in [-0.2, -0.15) is 0 Å². The van der Waals surface area contributed by atoms with Crippen LogP contribution in [-0.2, 0) is 4.79 Å². The van der Waals surface area contributed by atoms with E-state index in [9.17, 15) is 9.59 Å². The molecule has 0 aromatic carbocycles. The number of likely N-dealkylation sites (tertiary alicyclic amines) is 1. The van der Waals surface area contributed by atoms with Gasteiger partial charge in [-0.15, -0.1) is 0 Å². The number of piperidine rings is 1. The number of carbonyl (C=O) groups is 1. The van der Waals surface area contributed by atoms with Crippen molar-refractivity contribution in [1.82, 2.24) is 14.5 Å². The zero-order chi connectivity index (χ0) is 14.1. The van der Waals surface area contributed by atoms with Gasteiger partial charge >= 0.3 is 0 Å². The van der Waals surface area contributed by atoms with E-state index >= 15 is 0 Å². The minimum Gasteiger partial charge on any atom is -0.343 e. The van der Waals surface area contributed by atoms with Gasteiger partial charge in [-0.25, -0.2) is 4.98 Å². The Balaban J connectivity index is 1.76. The van der Waals surface area contributed by atoms with E-state index < -0.39 is 0 Å². The minimum atomic E-state index is -0.0377. The molecule has 20 heavy (non-hydrogen) atoms. The second-order valence-corrected chi connectivity index (χ2v) is 6.50. The van der Waals surface area contributed by atoms with Gasteiger partial charge in [-0.1, -0.05) is 11.8 Å². The van der Waals surface area contributed by atoms with Crippen molar-refractivity contribution in [2.75, 3.05) is 18.8 Å². The third kappa shape index (κ3) is 2.49.